The molecule has 1 aromatic rings. The van der Waals surface area contributed by atoms with Gasteiger partial charge in [-0.3, -0.25) is 0 Å². The van der Waals surface area contributed by atoms with Gasteiger partial charge < -0.3 is 10.5 Å². The molecule has 0 spiro atoms. The Balaban J connectivity index is 0.00000192. The molecule has 1 aliphatic carbocycles. The monoisotopic (exact) mass is 360 g/mol. The molecule has 3 unspecified atom stereocenters. The maximum atomic E-state index is 13.0. The Labute approximate surface area is 144 Å². The highest BCUT2D eigenvalue weighted by molar-refractivity contribution is 7.89. The molecule has 0 amide bonds. The summed E-state index contributed by atoms with van der Waals surface area (Å²) in [6.45, 7) is 3.00. The minimum Gasteiger partial charge on any atom is -0.495 e. The SMILES string of the molecule is COc1ccc(C)cc1S(=O)(=O)N1CC2CCCC(N)C2C1.Cl. The second kappa shape index (κ2) is 6.97. The molecule has 7 heteroatoms. The van der Waals surface area contributed by atoms with E-state index in [1.165, 1.54) is 7.11 Å². The van der Waals surface area contributed by atoms with E-state index in [1.807, 2.05) is 13.0 Å². The van der Waals surface area contributed by atoms with Gasteiger partial charge in [0.2, 0.25) is 10.0 Å². The van der Waals surface area contributed by atoms with E-state index < -0.39 is 10.0 Å². The molecule has 0 radical (unpaired) electrons. The molecule has 5 nitrogen and oxygen atoms in total. The van der Waals surface area contributed by atoms with Crippen LogP contribution in [0.4, 0.5) is 0 Å². The standard InChI is InChI=1S/C16H24N2O3S.ClH/c1-11-6-7-15(21-2)16(8-11)22(19,20)18-9-12-4-3-5-14(17)13(12)10-18;/h6-8,12-14H,3-5,9-10,17H2,1-2H3;1H. The molecule has 1 saturated heterocycles. The number of fused-ring (bicyclic) bond motifs is 1. The quantitative estimate of drug-likeness (QED) is 0.896. The highest BCUT2D eigenvalue weighted by Crippen LogP contribution is 2.39. The number of halogens is 1. The number of benzene rings is 1. The minimum absolute atomic E-state index is 0. The van der Waals surface area contributed by atoms with Crippen molar-refractivity contribution in [2.24, 2.45) is 17.6 Å². The molecular weight excluding hydrogens is 336 g/mol. The van der Waals surface area contributed by atoms with E-state index in [-0.39, 0.29) is 23.3 Å². The number of rotatable bonds is 3. The van der Waals surface area contributed by atoms with Gasteiger partial charge in [-0.15, -0.1) is 12.4 Å². The van der Waals surface area contributed by atoms with E-state index >= 15 is 0 Å². The first kappa shape index (κ1) is 18.5. The van der Waals surface area contributed by atoms with Crippen LogP contribution in [-0.2, 0) is 10.0 Å². The predicted molar refractivity (Wildman–Crippen MR) is 92.5 cm³/mol. The van der Waals surface area contributed by atoms with Crippen molar-refractivity contribution in [1.29, 1.82) is 0 Å². The summed E-state index contributed by atoms with van der Waals surface area (Å²) in [5.74, 6) is 1.10. The van der Waals surface area contributed by atoms with Crippen LogP contribution in [0.5, 0.6) is 5.75 Å². The van der Waals surface area contributed by atoms with Gasteiger partial charge in [0.05, 0.1) is 7.11 Å². The maximum absolute atomic E-state index is 13.0. The van der Waals surface area contributed by atoms with Crippen LogP contribution in [0.3, 0.4) is 0 Å². The van der Waals surface area contributed by atoms with Crippen LogP contribution < -0.4 is 10.5 Å². The van der Waals surface area contributed by atoms with Crippen molar-refractivity contribution in [2.45, 2.75) is 37.1 Å². The van der Waals surface area contributed by atoms with E-state index in [9.17, 15) is 8.42 Å². The molecule has 2 fully saturated rings. The summed E-state index contributed by atoms with van der Waals surface area (Å²) < 4.78 is 32.9. The van der Waals surface area contributed by atoms with E-state index in [0.717, 1.165) is 24.8 Å². The van der Waals surface area contributed by atoms with Crippen LogP contribution >= 0.6 is 12.4 Å². The molecular formula is C16H25ClN2O3S. The summed E-state index contributed by atoms with van der Waals surface area (Å²) in [6.07, 6.45) is 3.18. The van der Waals surface area contributed by atoms with Gasteiger partial charge in [-0.2, -0.15) is 4.31 Å². The number of nitrogens with two attached hydrogens (primary N) is 1. The lowest BCUT2D eigenvalue weighted by Gasteiger charge is -2.29. The summed E-state index contributed by atoms with van der Waals surface area (Å²) >= 11 is 0. The van der Waals surface area contributed by atoms with E-state index in [1.54, 1.807) is 16.4 Å². The van der Waals surface area contributed by atoms with E-state index in [4.69, 9.17) is 10.5 Å². The Hall–Kier alpha value is -0.820. The number of hydrogen-bond donors (Lipinski definition) is 1. The van der Waals surface area contributed by atoms with Gasteiger partial charge in [-0.25, -0.2) is 8.42 Å². The summed E-state index contributed by atoms with van der Waals surface area (Å²) in [7, 11) is -2.03. The minimum atomic E-state index is -3.53. The van der Waals surface area contributed by atoms with Crippen LogP contribution in [0.15, 0.2) is 23.1 Å². The first-order chi connectivity index (χ1) is 10.4. The molecule has 23 heavy (non-hydrogen) atoms. The Bertz CT molecular complexity index is 665. The van der Waals surface area contributed by atoms with Crippen LogP contribution in [0, 0.1) is 18.8 Å². The number of nitrogens with zero attached hydrogens (tertiary/aromatic N) is 1. The fourth-order valence-electron chi connectivity index (χ4n) is 3.80. The van der Waals surface area contributed by atoms with Crippen molar-refractivity contribution in [1.82, 2.24) is 4.31 Å². The molecule has 1 saturated carbocycles. The molecule has 1 aliphatic heterocycles. The van der Waals surface area contributed by atoms with Gasteiger partial charge in [0, 0.05) is 19.1 Å². The maximum Gasteiger partial charge on any atom is 0.246 e. The van der Waals surface area contributed by atoms with Crippen molar-refractivity contribution >= 4 is 22.4 Å². The normalized spacial score (nSPS) is 28.0. The van der Waals surface area contributed by atoms with Crippen molar-refractivity contribution in [3.8, 4) is 5.75 Å². The van der Waals surface area contributed by atoms with Gasteiger partial charge in [0.25, 0.3) is 0 Å². The second-order valence-corrected chi connectivity index (χ2v) is 8.40. The molecule has 3 rings (SSSR count). The summed E-state index contributed by atoms with van der Waals surface area (Å²) in [6, 6.07) is 5.39. The molecule has 2 aliphatic rings. The van der Waals surface area contributed by atoms with Gasteiger partial charge in [0.1, 0.15) is 10.6 Å². The molecule has 0 aromatic heterocycles. The number of sulfonamides is 1. The lowest BCUT2D eigenvalue weighted by Crippen LogP contribution is -2.38. The van der Waals surface area contributed by atoms with Gasteiger partial charge >= 0.3 is 0 Å². The zero-order chi connectivity index (χ0) is 15.9. The molecule has 2 N–H and O–H groups in total. The predicted octanol–water partition coefficient (Wildman–Crippen LogP) is 2.17. The van der Waals surface area contributed by atoms with Gasteiger partial charge in [-0.1, -0.05) is 12.5 Å². The summed E-state index contributed by atoms with van der Waals surface area (Å²) in [4.78, 5) is 0.266. The van der Waals surface area contributed by atoms with Crippen molar-refractivity contribution in [2.75, 3.05) is 20.2 Å². The summed E-state index contributed by atoms with van der Waals surface area (Å²) in [5, 5.41) is 0. The van der Waals surface area contributed by atoms with Gasteiger partial charge in [0.15, 0.2) is 0 Å². The fourth-order valence-corrected chi connectivity index (χ4v) is 5.57. The van der Waals surface area contributed by atoms with Crippen LogP contribution in [0.25, 0.3) is 0 Å². The third-order valence-electron chi connectivity index (χ3n) is 5.06. The third-order valence-corrected chi connectivity index (χ3v) is 6.91. The topological polar surface area (TPSA) is 72.6 Å². The average Bonchev–Trinajstić information content (AvgIpc) is 2.93. The Morgan fingerprint density at radius 3 is 2.65 bits per heavy atom. The largest absolute Gasteiger partial charge is 0.495 e. The smallest absolute Gasteiger partial charge is 0.246 e. The Morgan fingerprint density at radius 1 is 1.26 bits per heavy atom. The number of aryl methyl sites for hydroxylation is 1. The van der Waals surface area contributed by atoms with E-state index in [2.05, 4.69) is 0 Å². The van der Waals surface area contributed by atoms with Crippen molar-refractivity contribution < 1.29 is 13.2 Å². The molecule has 3 atom stereocenters. The lowest BCUT2D eigenvalue weighted by atomic mass is 9.78. The number of methoxy groups -OCH3 is 1. The average molecular weight is 361 g/mol. The zero-order valence-electron chi connectivity index (χ0n) is 13.6. The van der Waals surface area contributed by atoms with Crippen molar-refractivity contribution in [3.05, 3.63) is 23.8 Å². The first-order valence-electron chi connectivity index (χ1n) is 7.84. The van der Waals surface area contributed by atoms with Gasteiger partial charge in [-0.05, 0) is 49.3 Å². The number of hydrogen-bond acceptors (Lipinski definition) is 4. The highest BCUT2D eigenvalue weighted by Gasteiger charge is 2.43. The first-order valence-corrected chi connectivity index (χ1v) is 9.28. The third kappa shape index (κ3) is 3.36. The van der Waals surface area contributed by atoms with Crippen molar-refractivity contribution in [3.63, 3.8) is 0 Å². The van der Waals surface area contributed by atoms with Crippen LogP contribution in [0.1, 0.15) is 24.8 Å². The molecule has 1 aromatic carbocycles. The van der Waals surface area contributed by atoms with E-state index in [0.29, 0.717) is 30.7 Å². The van der Waals surface area contributed by atoms with Crippen LogP contribution in [0.2, 0.25) is 0 Å². The number of ether oxygens (including phenoxy) is 1. The van der Waals surface area contributed by atoms with Crippen LogP contribution in [-0.4, -0.2) is 39.0 Å². The fraction of sp³-hybridized carbons (Fsp3) is 0.625. The highest BCUT2D eigenvalue weighted by atomic mass is 35.5. The zero-order valence-corrected chi connectivity index (χ0v) is 15.2. The Kier molecular flexibility index (Phi) is 5.61. The molecule has 130 valence electrons. The second-order valence-electron chi connectivity index (χ2n) is 6.50. The Morgan fingerprint density at radius 2 is 2.00 bits per heavy atom. The summed E-state index contributed by atoms with van der Waals surface area (Å²) in [5.41, 5.74) is 7.11. The molecule has 1 heterocycles. The molecule has 0 bridgehead atoms. The lowest BCUT2D eigenvalue weighted by molar-refractivity contribution is 0.260.